The minimum absolute atomic E-state index is 0.557. The maximum atomic E-state index is 9.55. The van der Waals surface area contributed by atoms with E-state index in [1.165, 1.54) is 24.2 Å². The zero-order chi connectivity index (χ0) is 16.9. The molecule has 0 aliphatic heterocycles. The Morgan fingerprint density at radius 1 is 1.33 bits per heavy atom. The van der Waals surface area contributed by atoms with E-state index in [9.17, 15) is 5.26 Å². The van der Waals surface area contributed by atoms with Gasteiger partial charge in [0.2, 0.25) is 0 Å². The number of nitrogens with zero attached hydrogens (tertiary/aromatic N) is 2. The smallest absolute Gasteiger partial charge is 0.134 e. The van der Waals surface area contributed by atoms with Crippen LogP contribution in [0, 0.1) is 11.3 Å². The molecule has 3 rings (SSSR count). The first-order valence-corrected chi connectivity index (χ1v) is 9.10. The molecule has 5 heteroatoms. The Kier molecular flexibility index (Phi) is 5.17. The second-order valence-corrected chi connectivity index (χ2v) is 6.45. The number of thiazole rings is 1. The van der Waals surface area contributed by atoms with Crippen LogP contribution in [-0.2, 0) is 0 Å². The lowest BCUT2D eigenvalue weighted by Crippen LogP contribution is -1.97. The summed E-state index contributed by atoms with van der Waals surface area (Å²) in [6.45, 7) is 5.05. The molecule has 2 aromatic rings. The molecular formula is C19H20N2O2S. The van der Waals surface area contributed by atoms with Crippen molar-refractivity contribution in [3.63, 3.8) is 0 Å². The van der Waals surface area contributed by atoms with Crippen LogP contribution in [0.4, 0.5) is 0 Å². The van der Waals surface area contributed by atoms with Crippen molar-refractivity contribution in [2.45, 2.75) is 32.6 Å². The third-order valence-corrected chi connectivity index (χ3v) is 4.66. The van der Waals surface area contributed by atoms with E-state index in [1.54, 1.807) is 0 Å². The number of nitriles is 1. The van der Waals surface area contributed by atoms with E-state index >= 15 is 0 Å². The first-order valence-electron chi connectivity index (χ1n) is 8.22. The lowest BCUT2D eigenvalue weighted by molar-refractivity contribution is 0.322. The molecule has 0 atom stereocenters. The molecule has 1 fully saturated rings. The van der Waals surface area contributed by atoms with Crippen molar-refractivity contribution >= 4 is 23.0 Å². The van der Waals surface area contributed by atoms with Crippen LogP contribution >= 0.6 is 11.3 Å². The Morgan fingerprint density at radius 2 is 2.12 bits per heavy atom. The second-order valence-electron chi connectivity index (χ2n) is 5.59. The summed E-state index contributed by atoms with van der Waals surface area (Å²) in [4.78, 5) is 4.62. The number of hydrogen-bond donors (Lipinski definition) is 0. The van der Waals surface area contributed by atoms with Gasteiger partial charge in [-0.2, -0.15) is 5.26 Å². The number of hydrogen-bond acceptors (Lipinski definition) is 5. The average Bonchev–Trinajstić information content (AvgIpc) is 3.33. The van der Waals surface area contributed by atoms with E-state index in [0.717, 1.165) is 27.8 Å². The molecule has 0 radical (unpaired) electrons. The first kappa shape index (κ1) is 16.5. The van der Waals surface area contributed by atoms with Crippen LogP contribution in [0.15, 0.2) is 23.6 Å². The molecule has 1 aromatic carbocycles. The molecule has 0 N–H and O–H groups in total. The van der Waals surface area contributed by atoms with Crippen LogP contribution in [-0.4, -0.2) is 18.2 Å². The fourth-order valence-electron chi connectivity index (χ4n) is 2.44. The highest BCUT2D eigenvalue weighted by Gasteiger charge is 2.26. The molecule has 24 heavy (non-hydrogen) atoms. The van der Waals surface area contributed by atoms with Gasteiger partial charge in [-0.25, -0.2) is 4.98 Å². The summed E-state index contributed by atoms with van der Waals surface area (Å²) in [5.41, 5.74) is 2.55. The van der Waals surface area contributed by atoms with Crippen molar-refractivity contribution in [2.24, 2.45) is 0 Å². The van der Waals surface area contributed by atoms with Crippen LogP contribution in [0.1, 0.15) is 48.9 Å². The minimum Gasteiger partial charge on any atom is -0.494 e. The maximum Gasteiger partial charge on any atom is 0.134 e. The lowest BCUT2D eigenvalue weighted by Gasteiger charge is -2.10. The van der Waals surface area contributed by atoms with Gasteiger partial charge in [-0.15, -0.1) is 11.3 Å². The van der Waals surface area contributed by atoms with Crippen molar-refractivity contribution in [1.29, 1.82) is 5.26 Å². The Labute approximate surface area is 146 Å². The molecule has 0 amide bonds. The van der Waals surface area contributed by atoms with E-state index in [1.807, 2.05) is 38.1 Å². The third-order valence-electron chi connectivity index (χ3n) is 3.76. The Bertz CT molecular complexity index is 785. The molecule has 4 nitrogen and oxygen atoms in total. The summed E-state index contributed by atoms with van der Waals surface area (Å²) in [6, 6.07) is 7.95. The van der Waals surface area contributed by atoms with Crippen LogP contribution in [0.3, 0.4) is 0 Å². The highest BCUT2D eigenvalue weighted by molar-refractivity contribution is 7.11. The van der Waals surface area contributed by atoms with Gasteiger partial charge in [-0.3, -0.25) is 0 Å². The molecule has 0 spiro atoms. The highest BCUT2D eigenvalue weighted by Crippen LogP contribution is 2.41. The van der Waals surface area contributed by atoms with Crippen LogP contribution in [0.2, 0.25) is 0 Å². The zero-order valence-electron chi connectivity index (χ0n) is 13.9. The van der Waals surface area contributed by atoms with Crippen LogP contribution in [0.25, 0.3) is 11.6 Å². The summed E-state index contributed by atoms with van der Waals surface area (Å²) in [5, 5.41) is 12.4. The quantitative estimate of drug-likeness (QED) is 0.674. The molecule has 1 aliphatic carbocycles. The predicted molar refractivity (Wildman–Crippen MR) is 96.4 cm³/mol. The van der Waals surface area contributed by atoms with Gasteiger partial charge < -0.3 is 9.47 Å². The van der Waals surface area contributed by atoms with E-state index in [0.29, 0.717) is 24.7 Å². The molecular weight excluding hydrogens is 320 g/mol. The van der Waals surface area contributed by atoms with Gasteiger partial charge in [0, 0.05) is 22.9 Å². The Morgan fingerprint density at radius 3 is 2.79 bits per heavy atom. The summed E-state index contributed by atoms with van der Waals surface area (Å²) >= 11 is 1.53. The van der Waals surface area contributed by atoms with Crippen molar-refractivity contribution in [3.8, 4) is 17.6 Å². The molecule has 0 saturated heterocycles. The van der Waals surface area contributed by atoms with Gasteiger partial charge in [-0.05, 0) is 44.9 Å². The number of ether oxygens (including phenoxy) is 2. The second kappa shape index (κ2) is 7.50. The molecule has 1 aliphatic rings. The number of rotatable bonds is 7. The molecule has 1 heterocycles. The first-order chi connectivity index (χ1) is 11.7. The minimum atomic E-state index is 0.557. The number of allylic oxidation sites excluding steroid dienone is 1. The van der Waals surface area contributed by atoms with E-state index in [-0.39, 0.29) is 0 Å². The Balaban J connectivity index is 1.92. The average molecular weight is 340 g/mol. The lowest BCUT2D eigenvalue weighted by atomic mass is 10.1. The van der Waals surface area contributed by atoms with Crippen molar-refractivity contribution in [1.82, 2.24) is 4.98 Å². The molecule has 0 unspecified atom stereocenters. The topological polar surface area (TPSA) is 55.1 Å². The summed E-state index contributed by atoms with van der Waals surface area (Å²) in [5.74, 6) is 2.08. The summed E-state index contributed by atoms with van der Waals surface area (Å²) in [7, 11) is 0. The molecule has 1 saturated carbocycles. The fourth-order valence-corrected chi connectivity index (χ4v) is 3.31. The highest BCUT2D eigenvalue weighted by atomic mass is 32.1. The van der Waals surface area contributed by atoms with Crippen LogP contribution < -0.4 is 9.47 Å². The summed E-state index contributed by atoms with van der Waals surface area (Å²) < 4.78 is 11.2. The SMILES string of the molecule is CCOc1ccc(C=C(C#N)c2nc(C3CC3)cs2)c(OCC)c1. The van der Waals surface area contributed by atoms with Crippen molar-refractivity contribution in [2.75, 3.05) is 13.2 Å². The van der Waals surface area contributed by atoms with E-state index in [4.69, 9.17) is 9.47 Å². The van der Waals surface area contributed by atoms with Crippen LogP contribution in [0.5, 0.6) is 11.5 Å². The van der Waals surface area contributed by atoms with Gasteiger partial charge >= 0.3 is 0 Å². The fraction of sp³-hybridized carbons (Fsp3) is 0.368. The van der Waals surface area contributed by atoms with E-state index < -0.39 is 0 Å². The van der Waals surface area contributed by atoms with Gasteiger partial charge in [0.05, 0.1) is 24.5 Å². The molecule has 0 bridgehead atoms. The Hall–Kier alpha value is -2.32. The zero-order valence-corrected chi connectivity index (χ0v) is 14.7. The number of aromatic nitrogens is 1. The van der Waals surface area contributed by atoms with Gasteiger partial charge in [0.25, 0.3) is 0 Å². The summed E-state index contributed by atoms with van der Waals surface area (Å²) in [6.07, 6.45) is 4.26. The maximum absolute atomic E-state index is 9.55. The van der Waals surface area contributed by atoms with Gasteiger partial charge in [0.15, 0.2) is 0 Å². The van der Waals surface area contributed by atoms with Crippen molar-refractivity contribution in [3.05, 3.63) is 39.8 Å². The number of benzene rings is 1. The van der Waals surface area contributed by atoms with Crippen molar-refractivity contribution < 1.29 is 9.47 Å². The largest absolute Gasteiger partial charge is 0.494 e. The third kappa shape index (κ3) is 3.77. The molecule has 124 valence electrons. The molecule has 1 aromatic heterocycles. The standard InChI is InChI=1S/C19H20N2O2S/c1-3-22-16-8-7-14(18(10-16)23-4-2)9-15(11-20)19-21-17(12-24-19)13-5-6-13/h7-10,12-13H,3-6H2,1-2H3. The normalized spacial score (nSPS) is 14.3. The van der Waals surface area contributed by atoms with Gasteiger partial charge in [0.1, 0.15) is 22.6 Å². The van der Waals surface area contributed by atoms with E-state index in [2.05, 4.69) is 16.4 Å². The monoisotopic (exact) mass is 340 g/mol. The predicted octanol–water partition coefficient (Wildman–Crippen LogP) is 4.88. The van der Waals surface area contributed by atoms with Gasteiger partial charge in [-0.1, -0.05) is 0 Å².